The standard InChI is InChI=1S/C27H35N5O5.2C2HF3O2/c1-5-17-16(13-31-27(35)24(28)15(4)33)9-8-10-20(17)32-25-18-11-22(36-6-2)23(37-7-3)12-21(18)30-14-19(25)26(29)34;2*3-2(4,5)1(6)7/h8-12,14-15,24,33H,5-7,13,28H2,1-4H3,(H2,29,34)(H,30,32)(H,31,35);2*(H,6,7)/t15?,24-;;/m0../s1. The fourth-order valence-electron chi connectivity index (χ4n) is 4.05. The van der Waals surface area contributed by atoms with Crippen LogP contribution in [0.3, 0.4) is 0 Å². The topological polar surface area (TPSA) is 236 Å². The number of carboxylic acids is 2. The number of aliphatic carboxylic acids is 2. The third kappa shape index (κ3) is 13.1. The van der Waals surface area contributed by atoms with Crippen molar-refractivity contribution in [2.75, 3.05) is 18.5 Å². The summed E-state index contributed by atoms with van der Waals surface area (Å²) in [6.45, 7) is 8.35. The highest BCUT2D eigenvalue weighted by Gasteiger charge is 2.39. The minimum Gasteiger partial charge on any atom is -0.490 e. The zero-order valence-electron chi connectivity index (χ0n) is 27.6. The smallest absolute Gasteiger partial charge is 0.490 e. The Bertz CT molecular complexity index is 1660. The fourth-order valence-corrected chi connectivity index (χ4v) is 4.05. The second-order valence-corrected chi connectivity index (χ2v) is 10.1. The SMILES string of the molecule is CCOc1cc2ncc(C(N)=O)c(Nc3cccc(CNC(=O)[C@@H](N)C(C)O)c3CC)c2cc1OCC.O=C(O)C(F)(F)F.O=C(O)C(F)(F)F. The van der Waals surface area contributed by atoms with Crippen LogP contribution >= 0.6 is 0 Å². The number of pyridine rings is 1. The van der Waals surface area contributed by atoms with Crippen LogP contribution in [-0.2, 0) is 27.3 Å². The number of nitrogens with one attached hydrogen (secondary N) is 2. The van der Waals surface area contributed by atoms with E-state index in [-0.39, 0.29) is 12.1 Å². The normalized spacial score (nSPS) is 12.2. The van der Waals surface area contributed by atoms with Gasteiger partial charge in [0.1, 0.15) is 6.04 Å². The summed E-state index contributed by atoms with van der Waals surface area (Å²) in [5.41, 5.74) is 15.3. The van der Waals surface area contributed by atoms with Crippen molar-refractivity contribution in [2.45, 2.75) is 65.2 Å². The number of hydrogen-bond acceptors (Lipinski definition) is 10. The van der Waals surface area contributed by atoms with Crippen LogP contribution in [-0.4, -0.2) is 81.8 Å². The van der Waals surface area contributed by atoms with Crippen molar-refractivity contribution in [1.29, 1.82) is 0 Å². The molecule has 0 bridgehead atoms. The maximum absolute atomic E-state index is 12.4. The van der Waals surface area contributed by atoms with E-state index in [1.54, 1.807) is 12.1 Å². The Labute approximate surface area is 286 Å². The number of aliphatic hydroxyl groups is 1. The molecule has 1 heterocycles. The van der Waals surface area contributed by atoms with E-state index in [4.69, 9.17) is 40.7 Å². The van der Waals surface area contributed by atoms with Crippen LogP contribution < -0.4 is 31.6 Å². The number of fused-ring (bicyclic) bond motifs is 1. The largest absolute Gasteiger partial charge is 0.490 e. The first-order valence-electron chi connectivity index (χ1n) is 14.8. The number of ether oxygens (including phenoxy) is 2. The van der Waals surface area contributed by atoms with Gasteiger partial charge in [0.25, 0.3) is 5.91 Å². The number of nitrogens with two attached hydrogens (primary N) is 2. The molecule has 14 nitrogen and oxygen atoms in total. The van der Waals surface area contributed by atoms with Crippen molar-refractivity contribution < 1.29 is 70.3 Å². The maximum Gasteiger partial charge on any atom is 0.490 e. The molecule has 0 aliphatic rings. The minimum atomic E-state index is -5.08. The number of carboxylic acid groups (broad SMARTS) is 2. The first-order valence-corrected chi connectivity index (χ1v) is 14.8. The Balaban J connectivity index is 0.000000780. The lowest BCUT2D eigenvalue weighted by atomic mass is 10.0. The van der Waals surface area contributed by atoms with Gasteiger partial charge < -0.3 is 46.9 Å². The van der Waals surface area contributed by atoms with Gasteiger partial charge in [-0.2, -0.15) is 26.3 Å². The molecule has 0 fully saturated rings. The molecule has 0 saturated carbocycles. The minimum absolute atomic E-state index is 0.225. The van der Waals surface area contributed by atoms with Gasteiger partial charge in [0, 0.05) is 29.9 Å². The highest BCUT2D eigenvalue weighted by Crippen LogP contribution is 2.38. The second-order valence-electron chi connectivity index (χ2n) is 10.1. The van der Waals surface area contributed by atoms with E-state index >= 15 is 0 Å². The summed E-state index contributed by atoms with van der Waals surface area (Å²) in [4.78, 5) is 46.9. The van der Waals surface area contributed by atoms with Crippen LogP contribution in [0.1, 0.15) is 49.2 Å². The number of aromatic nitrogens is 1. The van der Waals surface area contributed by atoms with Crippen molar-refractivity contribution in [3.05, 3.63) is 53.2 Å². The van der Waals surface area contributed by atoms with Gasteiger partial charge in [0.05, 0.1) is 36.1 Å². The average molecular weight is 738 g/mol. The van der Waals surface area contributed by atoms with Crippen LogP contribution in [0.2, 0.25) is 0 Å². The van der Waals surface area contributed by atoms with Crippen molar-refractivity contribution >= 4 is 46.0 Å². The first kappa shape index (κ1) is 43.7. The number of rotatable bonds is 12. The quantitative estimate of drug-likeness (QED) is 0.131. The highest BCUT2D eigenvalue weighted by molar-refractivity contribution is 6.08. The molecule has 51 heavy (non-hydrogen) atoms. The third-order valence-electron chi connectivity index (χ3n) is 6.45. The highest BCUT2D eigenvalue weighted by atomic mass is 19.4. The summed E-state index contributed by atoms with van der Waals surface area (Å²) in [5.74, 6) is -5.49. The van der Waals surface area contributed by atoms with Gasteiger partial charge in [-0.05, 0) is 50.5 Å². The molecule has 2 atom stereocenters. The zero-order chi connectivity index (χ0) is 39.3. The Morgan fingerprint density at radius 1 is 0.922 bits per heavy atom. The summed E-state index contributed by atoms with van der Waals surface area (Å²) in [7, 11) is 0. The lowest BCUT2D eigenvalue weighted by Gasteiger charge is -2.20. The molecule has 20 heteroatoms. The van der Waals surface area contributed by atoms with Gasteiger partial charge in [-0.25, -0.2) is 9.59 Å². The second kappa shape index (κ2) is 19.1. The van der Waals surface area contributed by atoms with Crippen molar-refractivity contribution in [1.82, 2.24) is 10.3 Å². The van der Waals surface area contributed by atoms with E-state index in [9.17, 15) is 41.0 Å². The number of amides is 2. The summed E-state index contributed by atoms with van der Waals surface area (Å²) in [6.07, 6.45) is -9.05. The van der Waals surface area contributed by atoms with Crippen LogP contribution in [0.4, 0.5) is 37.7 Å². The average Bonchev–Trinajstić information content (AvgIpc) is 3.03. The Hall–Kier alpha value is -5.37. The van der Waals surface area contributed by atoms with Crippen molar-refractivity contribution in [3.8, 4) is 11.5 Å². The lowest BCUT2D eigenvalue weighted by Crippen LogP contribution is -2.46. The molecule has 2 aromatic carbocycles. The number of alkyl halides is 6. The number of primary amides is 1. The molecule has 1 aromatic heterocycles. The monoisotopic (exact) mass is 737 g/mol. The van der Waals surface area contributed by atoms with Crippen LogP contribution in [0.25, 0.3) is 10.9 Å². The fraction of sp³-hybridized carbons (Fsp3) is 0.387. The van der Waals surface area contributed by atoms with Gasteiger partial charge in [-0.3, -0.25) is 14.6 Å². The first-order chi connectivity index (χ1) is 23.6. The predicted octanol–water partition coefficient (Wildman–Crippen LogP) is 4.03. The number of anilines is 2. The number of hydrogen-bond donors (Lipinski definition) is 7. The van der Waals surface area contributed by atoms with Gasteiger partial charge in [0.15, 0.2) is 11.5 Å². The predicted molar refractivity (Wildman–Crippen MR) is 171 cm³/mol. The molecule has 0 spiro atoms. The van der Waals surface area contributed by atoms with Crippen molar-refractivity contribution in [2.24, 2.45) is 11.5 Å². The van der Waals surface area contributed by atoms with Crippen molar-refractivity contribution in [3.63, 3.8) is 0 Å². The Morgan fingerprint density at radius 2 is 1.43 bits per heavy atom. The Morgan fingerprint density at radius 3 is 1.86 bits per heavy atom. The lowest BCUT2D eigenvalue weighted by molar-refractivity contribution is -0.193. The number of carbonyl (C=O) groups is 4. The van der Waals surface area contributed by atoms with E-state index in [2.05, 4.69) is 15.6 Å². The molecule has 0 radical (unpaired) electrons. The van der Waals surface area contributed by atoms with Crippen LogP contribution in [0, 0.1) is 0 Å². The molecule has 0 saturated heterocycles. The van der Waals surface area contributed by atoms with Gasteiger partial charge >= 0.3 is 24.3 Å². The molecule has 2 amide bonds. The van der Waals surface area contributed by atoms with Gasteiger partial charge in [-0.1, -0.05) is 19.1 Å². The zero-order valence-corrected chi connectivity index (χ0v) is 27.6. The number of benzene rings is 2. The number of halogens is 6. The number of aliphatic hydroxyl groups excluding tert-OH is 1. The molecule has 0 aliphatic carbocycles. The molecule has 9 N–H and O–H groups in total. The summed E-state index contributed by atoms with van der Waals surface area (Å²) >= 11 is 0. The summed E-state index contributed by atoms with van der Waals surface area (Å²) < 4.78 is 75.0. The molecule has 1 unspecified atom stereocenters. The van der Waals surface area contributed by atoms with Gasteiger partial charge in [-0.15, -0.1) is 0 Å². The molecule has 3 rings (SSSR count). The third-order valence-corrected chi connectivity index (χ3v) is 6.45. The molecular weight excluding hydrogens is 700 g/mol. The van der Waals surface area contributed by atoms with Gasteiger partial charge in [0.2, 0.25) is 5.91 Å². The summed E-state index contributed by atoms with van der Waals surface area (Å²) in [6, 6.07) is 8.19. The van der Waals surface area contributed by atoms with Crippen LogP contribution in [0.5, 0.6) is 11.5 Å². The Kier molecular flexibility index (Phi) is 16.4. The van der Waals surface area contributed by atoms with E-state index in [0.717, 1.165) is 16.8 Å². The van der Waals surface area contributed by atoms with E-state index in [1.165, 1.54) is 13.1 Å². The molecule has 282 valence electrons. The maximum atomic E-state index is 12.4. The summed E-state index contributed by atoms with van der Waals surface area (Å²) in [5, 5.41) is 30.7. The molecular formula is C31H37F6N5O9. The van der Waals surface area contributed by atoms with Crippen LogP contribution in [0.15, 0.2) is 36.5 Å². The molecule has 0 aliphatic heterocycles. The van der Waals surface area contributed by atoms with E-state index in [0.29, 0.717) is 47.7 Å². The number of nitrogens with zero attached hydrogens (tertiary/aromatic N) is 1. The number of carbonyl (C=O) groups excluding carboxylic acids is 2. The molecule has 3 aromatic rings. The van der Waals surface area contributed by atoms with E-state index < -0.39 is 48.3 Å². The van der Waals surface area contributed by atoms with E-state index in [1.807, 2.05) is 39.0 Å².